The predicted octanol–water partition coefficient (Wildman–Crippen LogP) is 4.54. The molecule has 4 nitrogen and oxygen atoms in total. The zero-order chi connectivity index (χ0) is 19.1. The number of ether oxygens (including phenoxy) is 2. The molecule has 4 heteroatoms. The van der Waals surface area contributed by atoms with E-state index in [0.29, 0.717) is 24.8 Å². The number of nitrogens with one attached hydrogen (secondary N) is 1. The number of carbonyl (C=O) groups excluding carboxylic acids is 1. The first-order valence-electron chi connectivity index (χ1n) is 9.23. The van der Waals surface area contributed by atoms with Crippen molar-refractivity contribution in [3.63, 3.8) is 0 Å². The summed E-state index contributed by atoms with van der Waals surface area (Å²) in [7, 11) is 0. The molecular weight excluding hydrogens is 338 g/mol. The summed E-state index contributed by atoms with van der Waals surface area (Å²) in [4.78, 5) is 11.9. The molecule has 0 atom stereocenters. The highest BCUT2D eigenvalue weighted by molar-refractivity contribution is 5.83. The number of rotatable bonds is 8. The smallest absolute Gasteiger partial charge is 0.258 e. The van der Waals surface area contributed by atoms with Crippen LogP contribution in [0.5, 0.6) is 11.5 Å². The summed E-state index contributed by atoms with van der Waals surface area (Å²) in [5.41, 5.74) is 1.25. The highest BCUT2D eigenvalue weighted by Crippen LogP contribution is 2.20. The first-order chi connectivity index (χ1) is 13.1. The molecular formula is C23H25NO3. The molecule has 0 aliphatic heterocycles. The average molecular weight is 363 g/mol. The summed E-state index contributed by atoms with van der Waals surface area (Å²) < 4.78 is 11.2. The lowest BCUT2D eigenvalue weighted by Gasteiger charge is -2.10. The fraction of sp³-hybridized carbons (Fsp3) is 0.261. The van der Waals surface area contributed by atoms with Crippen molar-refractivity contribution in [2.75, 3.05) is 19.8 Å². The van der Waals surface area contributed by atoms with Gasteiger partial charge in [-0.25, -0.2) is 0 Å². The highest BCUT2D eigenvalue weighted by atomic mass is 16.5. The second-order valence-electron chi connectivity index (χ2n) is 6.72. The quantitative estimate of drug-likeness (QED) is 0.598. The van der Waals surface area contributed by atoms with Gasteiger partial charge in [-0.15, -0.1) is 0 Å². The molecule has 27 heavy (non-hydrogen) atoms. The molecule has 0 aliphatic rings. The molecule has 1 amide bonds. The summed E-state index contributed by atoms with van der Waals surface area (Å²) in [6, 6.07) is 21.9. The molecule has 0 radical (unpaired) electrons. The van der Waals surface area contributed by atoms with Gasteiger partial charge in [-0.3, -0.25) is 4.79 Å². The van der Waals surface area contributed by atoms with E-state index in [-0.39, 0.29) is 12.5 Å². The minimum absolute atomic E-state index is 0.00298. The monoisotopic (exact) mass is 363 g/mol. The molecule has 3 aromatic carbocycles. The van der Waals surface area contributed by atoms with Crippen LogP contribution >= 0.6 is 0 Å². The summed E-state index contributed by atoms with van der Waals surface area (Å²) in [5, 5.41) is 5.11. The molecule has 0 bridgehead atoms. The number of carbonyl (C=O) groups is 1. The summed E-state index contributed by atoms with van der Waals surface area (Å²) in [6.07, 6.45) is 0. The van der Waals surface area contributed by atoms with E-state index in [2.05, 4.69) is 31.3 Å². The molecule has 0 aliphatic carbocycles. The predicted molar refractivity (Wildman–Crippen MR) is 108 cm³/mol. The van der Waals surface area contributed by atoms with Gasteiger partial charge in [0.1, 0.15) is 18.1 Å². The third-order valence-electron chi connectivity index (χ3n) is 4.33. The second kappa shape index (κ2) is 9.08. The van der Waals surface area contributed by atoms with Crippen molar-refractivity contribution >= 4 is 16.7 Å². The van der Waals surface area contributed by atoms with Crippen molar-refractivity contribution < 1.29 is 14.3 Å². The van der Waals surface area contributed by atoms with Crippen molar-refractivity contribution in [1.29, 1.82) is 0 Å². The van der Waals surface area contributed by atoms with E-state index in [4.69, 9.17) is 9.47 Å². The molecule has 3 rings (SSSR count). The van der Waals surface area contributed by atoms with Crippen LogP contribution in [-0.4, -0.2) is 25.7 Å². The molecule has 0 heterocycles. The van der Waals surface area contributed by atoms with Crippen molar-refractivity contribution in [1.82, 2.24) is 5.32 Å². The number of amides is 1. The lowest BCUT2D eigenvalue weighted by molar-refractivity contribution is -0.123. The van der Waals surface area contributed by atoms with E-state index in [1.807, 2.05) is 54.6 Å². The Morgan fingerprint density at radius 1 is 0.889 bits per heavy atom. The van der Waals surface area contributed by atoms with Crippen molar-refractivity contribution in [3.8, 4) is 11.5 Å². The normalized spacial score (nSPS) is 10.8. The minimum Gasteiger partial charge on any atom is -0.492 e. The Morgan fingerprint density at radius 2 is 1.59 bits per heavy atom. The van der Waals surface area contributed by atoms with Gasteiger partial charge < -0.3 is 14.8 Å². The average Bonchev–Trinajstić information content (AvgIpc) is 2.70. The number of hydrogen-bond donors (Lipinski definition) is 1. The fourth-order valence-corrected chi connectivity index (χ4v) is 2.77. The third-order valence-corrected chi connectivity index (χ3v) is 4.33. The van der Waals surface area contributed by atoms with E-state index in [1.165, 1.54) is 10.9 Å². The number of hydrogen-bond acceptors (Lipinski definition) is 3. The molecule has 0 aromatic heterocycles. The van der Waals surface area contributed by atoms with Gasteiger partial charge in [-0.2, -0.15) is 0 Å². The van der Waals surface area contributed by atoms with Gasteiger partial charge in [0.15, 0.2) is 6.61 Å². The maximum atomic E-state index is 11.9. The Hall–Kier alpha value is -3.01. The fourth-order valence-electron chi connectivity index (χ4n) is 2.77. The lowest BCUT2D eigenvalue weighted by atomic mass is 10.0. The van der Waals surface area contributed by atoms with Gasteiger partial charge >= 0.3 is 0 Å². The molecule has 1 N–H and O–H groups in total. The van der Waals surface area contributed by atoms with E-state index in [0.717, 1.165) is 11.1 Å². The van der Waals surface area contributed by atoms with Crippen LogP contribution in [0.25, 0.3) is 10.8 Å². The van der Waals surface area contributed by atoms with E-state index in [1.54, 1.807) is 0 Å². The summed E-state index contributed by atoms with van der Waals surface area (Å²) in [5.74, 6) is 1.81. The first-order valence-corrected chi connectivity index (χ1v) is 9.23. The van der Waals surface area contributed by atoms with Gasteiger partial charge in [0.05, 0.1) is 6.54 Å². The number of fused-ring (bicyclic) bond motifs is 1. The van der Waals surface area contributed by atoms with Gasteiger partial charge in [0.25, 0.3) is 5.91 Å². The highest BCUT2D eigenvalue weighted by Gasteiger charge is 2.04. The first kappa shape index (κ1) is 18.8. The van der Waals surface area contributed by atoms with Crippen molar-refractivity contribution in [3.05, 3.63) is 72.3 Å². The standard InChI is InChI=1S/C23H25NO3/c1-17(2)18-7-10-21(11-8-18)27-16-23(25)24-13-14-26-22-12-9-19-5-3-4-6-20(19)15-22/h3-12,15,17H,13-14,16H2,1-2H3,(H,24,25). The largest absolute Gasteiger partial charge is 0.492 e. The zero-order valence-electron chi connectivity index (χ0n) is 15.8. The molecule has 3 aromatic rings. The molecule has 0 saturated carbocycles. The topological polar surface area (TPSA) is 47.6 Å². The Labute approximate surface area is 160 Å². The zero-order valence-corrected chi connectivity index (χ0v) is 15.8. The Bertz CT molecular complexity index is 888. The SMILES string of the molecule is CC(C)c1ccc(OCC(=O)NCCOc2ccc3ccccc3c2)cc1. The van der Waals surface area contributed by atoms with Crippen LogP contribution in [0, 0.1) is 0 Å². The number of benzene rings is 3. The Morgan fingerprint density at radius 3 is 2.33 bits per heavy atom. The van der Waals surface area contributed by atoms with E-state index < -0.39 is 0 Å². The maximum absolute atomic E-state index is 11.9. The van der Waals surface area contributed by atoms with Crippen LogP contribution in [0.3, 0.4) is 0 Å². The van der Waals surface area contributed by atoms with Crippen molar-refractivity contribution in [2.24, 2.45) is 0 Å². The van der Waals surface area contributed by atoms with Gasteiger partial charge in [-0.05, 0) is 46.5 Å². The van der Waals surface area contributed by atoms with E-state index in [9.17, 15) is 4.79 Å². The minimum atomic E-state index is -0.162. The van der Waals surface area contributed by atoms with Gasteiger partial charge in [-0.1, -0.05) is 56.3 Å². The summed E-state index contributed by atoms with van der Waals surface area (Å²) in [6.45, 7) is 5.12. The van der Waals surface area contributed by atoms with Crippen LogP contribution in [0.4, 0.5) is 0 Å². The van der Waals surface area contributed by atoms with Crippen LogP contribution in [0.1, 0.15) is 25.3 Å². The van der Waals surface area contributed by atoms with Crippen molar-refractivity contribution in [2.45, 2.75) is 19.8 Å². The van der Waals surface area contributed by atoms with Gasteiger partial charge in [0, 0.05) is 0 Å². The Kier molecular flexibility index (Phi) is 6.31. The lowest BCUT2D eigenvalue weighted by Crippen LogP contribution is -2.32. The molecule has 0 saturated heterocycles. The van der Waals surface area contributed by atoms with E-state index >= 15 is 0 Å². The molecule has 0 unspecified atom stereocenters. The molecule has 0 spiro atoms. The van der Waals surface area contributed by atoms with Crippen LogP contribution < -0.4 is 14.8 Å². The molecule has 140 valence electrons. The third kappa shape index (κ3) is 5.48. The van der Waals surface area contributed by atoms with Crippen LogP contribution in [-0.2, 0) is 4.79 Å². The Balaban J connectivity index is 1.37. The van der Waals surface area contributed by atoms with Crippen LogP contribution in [0.15, 0.2) is 66.7 Å². The van der Waals surface area contributed by atoms with Gasteiger partial charge in [0.2, 0.25) is 0 Å². The molecule has 0 fully saturated rings. The summed E-state index contributed by atoms with van der Waals surface area (Å²) >= 11 is 0. The van der Waals surface area contributed by atoms with Crippen LogP contribution in [0.2, 0.25) is 0 Å². The second-order valence-corrected chi connectivity index (χ2v) is 6.72. The maximum Gasteiger partial charge on any atom is 0.258 e.